The SMILES string of the molecule is O=C(Nc1ccc(NC2CCCCC2)cc1)c1cccc(NS(=O)(=O)c2cccs2)c1. The predicted octanol–water partition coefficient (Wildman–Crippen LogP) is 5.55. The highest BCUT2D eigenvalue weighted by atomic mass is 32.2. The number of nitrogens with one attached hydrogen (secondary N) is 3. The summed E-state index contributed by atoms with van der Waals surface area (Å²) in [6.45, 7) is 0. The van der Waals surface area contributed by atoms with Gasteiger partial charge in [-0.15, -0.1) is 11.3 Å². The third kappa shape index (κ3) is 5.65. The minimum absolute atomic E-state index is 0.226. The van der Waals surface area contributed by atoms with Gasteiger partial charge >= 0.3 is 0 Å². The van der Waals surface area contributed by atoms with Gasteiger partial charge in [0.25, 0.3) is 15.9 Å². The van der Waals surface area contributed by atoms with Gasteiger partial charge in [0, 0.05) is 28.7 Å². The van der Waals surface area contributed by atoms with Crippen molar-refractivity contribution >= 4 is 44.3 Å². The zero-order chi connectivity index (χ0) is 21.7. The first-order chi connectivity index (χ1) is 15.0. The van der Waals surface area contributed by atoms with E-state index in [0.717, 1.165) is 17.0 Å². The first-order valence-electron chi connectivity index (χ1n) is 10.3. The number of amides is 1. The van der Waals surface area contributed by atoms with Crippen LogP contribution >= 0.6 is 11.3 Å². The number of hydrogen-bond donors (Lipinski definition) is 3. The van der Waals surface area contributed by atoms with Crippen molar-refractivity contribution in [3.63, 3.8) is 0 Å². The summed E-state index contributed by atoms with van der Waals surface area (Å²) in [6.07, 6.45) is 6.26. The number of carbonyl (C=O) groups is 1. The van der Waals surface area contributed by atoms with E-state index in [1.54, 1.807) is 29.6 Å². The fraction of sp³-hybridized carbons (Fsp3) is 0.261. The third-order valence-corrected chi connectivity index (χ3v) is 8.03. The van der Waals surface area contributed by atoms with Crippen molar-refractivity contribution in [1.29, 1.82) is 0 Å². The molecule has 1 saturated carbocycles. The van der Waals surface area contributed by atoms with Crippen molar-refractivity contribution in [2.24, 2.45) is 0 Å². The lowest BCUT2D eigenvalue weighted by atomic mass is 9.95. The summed E-state index contributed by atoms with van der Waals surface area (Å²) in [5.74, 6) is -0.301. The Kier molecular flexibility index (Phi) is 6.58. The Morgan fingerprint density at radius 2 is 1.61 bits per heavy atom. The largest absolute Gasteiger partial charge is 0.382 e. The minimum atomic E-state index is -3.66. The Labute approximate surface area is 186 Å². The molecule has 3 aromatic rings. The highest BCUT2D eigenvalue weighted by Gasteiger charge is 2.16. The van der Waals surface area contributed by atoms with Gasteiger partial charge in [-0.1, -0.05) is 31.4 Å². The maximum absolute atomic E-state index is 12.7. The van der Waals surface area contributed by atoms with Crippen LogP contribution in [-0.4, -0.2) is 20.4 Å². The molecule has 162 valence electrons. The number of anilines is 3. The first kappa shape index (κ1) is 21.4. The van der Waals surface area contributed by atoms with Crippen LogP contribution in [0.2, 0.25) is 0 Å². The lowest BCUT2D eigenvalue weighted by Crippen LogP contribution is -2.22. The highest BCUT2D eigenvalue weighted by molar-refractivity contribution is 7.94. The smallest absolute Gasteiger partial charge is 0.271 e. The van der Waals surface area contributed by atoms with Gasteiger partial charge in [0.1, 0.15) is 4.21 Å². The van der Waals surface area contributed by atoms with Crippen LogP contribution in [0.5, 0.6) is 0 Å². The van der Waals surface area contributed by atoms with E-state index in [4.69, 9.17) is 0 Å². The van der Waals surface area contributed by atoms with Crippen molar-refractivity contribution in [3.05, 3.63) is 71.6 Å². The molecular weight excluding hydrogens is 430 g/mol. The van der Waals surface area contributed by atoms with E-state index in [-0.39, 0.29) is 10.1 Å². The molecule has 0 spiro atoms. The number of sulfonamides is 1. The second kappa shape index (κ2) is 9.53. The average Bonchev–Trinajstić information content (AvgIpc) is 3.32. The number of benzene rings is 2. The molecule has 1 aliphatic carbocycles. The van der Waals surface area contributed by atoms with Crippen molar-refractivity contribution in [3.8, 4) is 0 Å². The average molecular weight is 456 g/mol. The minimum Gasteiger partial charge on any atom is -0.382 e. The lowest BCUT2D eigenvalue weighted by Gasteiger charge is -2.23. The van der Waals surface area contributed by atoms with Crippen molar-refractivity contribution < 1.29 is 13.2 Å². The Morgan fingerprint density at radius 1 is 0.871 bits per heavy atom. The molecule has 3 N–H and O–H groups in total. The zero-order valence-corrected chi connectivity index (χ0v) is 18.6. The summed E-state index contributed by atoms with van der Waals surface area (Å²) >= 11 is 1.14. The van der Waals surface area contributed by atoms with E-state index in [1.165, 1.54) is 44.2 Å². The topological polar surface area (TPSA) is 87.3 Å². The van der Waals surface area contributed by atoms with E-state index in [1.807, 2.05) is 24.3 Å². The lowest BCUT2D eigenvalue weighted by molar-refractivity contribution is 0.102. The molecule has 1 fully saturated rings. The molecule has 6 nitrogen and oxygen atoms in total. The van der Waals surface area contributed by atoms with Gasteiger partial charge < -0.3 is 10.6 Å². The molecule has 31 heavy (non-hydrogen) atoms. The number of carbonyl (C=O) groups excluding carboxylic acids is 1. The van der Waals surface area contributed by atoms with Crippen molar-refractivity contribution in [2.45, 2.75) is 42.4 Å². The summed E-state index contributed by atoms with van der Waals surface area (Å²) in [5.41, 5.74) is 2.45. The quantitative estimate of drug-likeness (QED) is 0.436. The summed E-state index contributed by atoms with van der Waals surface area (Å²) in [6, 6.07) is 17.9. The van der Waals surface area contributed by atoms with Gasteiger partial charge in [0.05, 0.1) is 0 Å². The van der Waals surface area contributed by atoms with Crippen LogP contribution in [-0.2, 0) is 10.0 Å². The molecule has 2 aromatic carbocycles. The first-order valence-corrected chi connectivity index (χ1v) is 12.7. The molecule has 1 aliphatic rings. The van der Waals surface area contributed by atoms with Crippen LogP contribution in [0, 0.1) is 0 Å². The van der Waals surface area contributed by atoms with Crippen molar-refractivity contribution in [1.82, 2.24) is 0 Å². The molecule has 0 aliphatic heterocycles. The standard InChI is InChI=1S/C23H25N3O3S2/c27-23(25-20-13-11-19(12-14-20)24-18-7-2-1-3-8-18)17-6-4-9-21(16-17)26-31(28,29)22-10-5-15-30-22/h4-6,9-16,18,24,26H,1-3,7-8H2,(H,25,27). The fourth-order valence-electron chi connectivity index (χ4n) is 3.68. The van der Waals surface area contributed by atoms with Crippen LogP contribution in [0.25, 0.3) is 0 Å². The monoisotopic (exact) mass is 455 g/mol. The molecule has 1 aromatic heterocycles. The van der Waals surface area contributed by atoms with E-state index in [0.29, 0.717) is 23.0 Å². The Morgan fingerprint density at radius 3 is 2.32 bits per heavy atom. The zero-order valence-electron chi connectivity index (χ0n) is 17.0. The predicted molar refractivity (Wildman–Crippen MR) is 126 cm³/mol. The maximum Gasteiger partial charge on any atom is 0.271 e. The Balaban J connectivity index is 1.39. The fourth-order valence-corrected chi connectivity index (χ4v) is 5.72. The molecule has 1 amide bonds. The normalized spacial score (nSPS) is 14.7. The molecule has 8 heteroatoms. The van der Waals surface area contributed by atoms with Crippen LogP contribution in [0.15, 0.2) is 70.3 Å². The van der Waals surface area contributed by atoms with Gasteiger partial charge in [-0.05, 0) is 66.8 Å². The van der Waals surface area contributed by atoms with Gasteiger partial charge in [-0.25, -0.2) is 8.42 Å². The summed E-state index contributed by atoms with van der Waals surface area (Å²) < 4.78 is 27.6. The summed E-state index contributed by atoms with van der Waals surface area (Å²) in [7, 11) is -3.66. The second-order valence-corrected chi connectivity index (χ2v) is 10.5. The molecule has 0 bridgehead atoms. The van der Waals surface area contributed by atoms with E-state index in [2.05, 4.69) is 15.4 Å². The van der Waals surface area contributed by atoms with E-state index >= 15 is 0 Å². The van der Waals surface area contributed by atoms with Crippen LogP contribution in [0.4, 0.5) is 17.1 Å². The van der Waals surface area contributed by atoms with Crippen LogP contribution in [0.1, 0.15) is 42.5 Å². The van der Waals surface area contributed by atoms with E-state index < -0.39 is 10.0 Å². The third-order valence-electron chi connectivity index (χ3n) is 5.26. The van der Waals surface area contributed by atoms with Crippen LogP contribution in [0.3, 0.4) is 0 Å². The number of rotatable bonds is 7. The molecule has 0 atom stereocenters. The summed E-state index contributed by atoms with van der Waals surface area (Å²) in [5, 5.41) is 8.12. The van der Waals surface area contributed by atoms with E-state index in [9.17, 15) is 13.2 Å². The Hall–Kier alpha value is -2.84. The number of thiophene rings is 1. The molecule has 4 rings (SSSR count). The van der Waals surface area contributed by atoms with Gasteiger partial charge in [-0.2, -0.15) is 0 Å². The van der Waals surface area contributed by atoms with Gasteiger partial charge in [-0.3, -0.25) is 9.52 Å². The van der Waals surface area contributed by atoms with Gasteiger partial charge in [0.2, 0.25) is 0 Å². The molecule has 0 radical (unpaired) electrons. The maximum atomic E-state index is 12.7. The molecular formula is C23H25N3O3S2. The van der Waals surface area contributed by atoms with Crippen LogP contribution < -0.4 is 15.4 Å². The highest BCUT2D eigenvalue weighted by Crippen LogP contribution is 2.24. The van der Waals surface area contributed by atoms with Crippen molar-refractivity contribution in [2.75, 3.05) is 15.4 Å². The Bertz CT molecular complexity index is 1120. The second-order valence-electron chi connectivity index (χ2n) is 7.63. The summed E-state index contributed by atoms with van der Waals surface area (Å²) in [4.78, 5) is 12.7. The molecule has 0 saturated heterocycles. The molecule has 1 heterocycles. The van der Waals surface area contributed by atoms with Gasteiger partial charge in [0.15, 0.2) is 0 Å². The number of hydrogen-bond acceptors (Lipinski definition) is 5. The molecule has 0 unspecified atom stereocenters.